The van der Waals surface area contributed by atoms with Gasteiger partial charge >= 0.3 is 0 Å². The highest BCUT2D eigenvalue weighted by atomic mass is 16.5. The third kappa shape index (κ3) is 4.98. The molecule has 10 nitrogen and oxygen atoms in total. The summed E-state index contributed by atoms with van der Waals surface area (Å²) in [5, 5.41) is 5.99. The zero-order chi connectivity index (χ0) is 28.6. The van der Waals surface area contributed by atoms with Gasteiger partial charge in [0.1, 0.15) is 29.4 Å². The molecule has 3 N–H and O–H groups in total. The molecule has 2 fully saturated rings. The Morgan fingerprint density at radius 1 is 0.976 bits per heavy atom. The van der Waals surface area contributed by atoms with Crippen molar-refractivity contribution in [1.82, 2.24) is 39.5 Å². The molecule has 0 spiro atoms. The number of hydrogen-bond donors (Lipinski definition) is 2. The predicted molar refractivity (Wildman–Crippen MR) is 166 cm³/mol. The molecule has 0 amide bonds. The first-order chi connectivity index (χ1) is 20.6. The van der Waals surface area contributed by atoms with Crippen LogP contribution in [0.25, 0.3) is 33.3 Å². The highest BCUT2D eigenvalue weighted by molar-refractivity contribution is 5.99. The molecule has 7 rings (SSSR count). The molecule has 2 aliphatic rings. The van der Waals surface area contributed by atoms with Crippen LogP contribution in [0.15, 0.2) is 48.8 Å². The van der Waals surface area contributed by atoms with Crippen LogP contribution in [0.3, 0.4) is 0 Å². The van der Waals surface area contributed by atoms with Gasteiger partial charge in [-0.2, -0.15) is 5.10 Å². The van der Waals surface area contributed by atoms with Gasteiger partial charge in [-0.15, -0.1) is 0 Å². The van der Waals surface area contributed by atoms with Crippen LogP contribution in [0.1, 0.15) is 50.0 Å². The van der Waals surface area contributed by atoms with E-state index in [2.05, 4.69) is 54.6 Å². The molecule has 2 aromatic carbocycles. The van der Waals surface area contributed by atoms with E-state index in [0.29, 0.717) is 24.3 Å². The van der Waals surface area contributed by atoms with E-state index in [1.165, 1.54) is 39.0 Å². The van der Waals surface area contributed by atoms with E-state index in [-0.39, 0.29) is 0 Å². The lowest BCUT2D eigenvalue weighted by molar-refractivity contribution is 0.0732. The topological polar surface area (TPSA) is 114 Å². The number of nitrogens with zero attached hydrogens (tertiary/aromatic N) is 7. The standard InChI is InChI=1S/C32H39N9O/c1-3-39-14-16-40(17-15-39)23-9-11-24(12-10-23)41-32-29(31(33)34-20-35-32)30(38-41)22-8-13-25-26(18-22)37-28(36-25)19-21-6-4-5-7-27(21)42-2/h4-8,13,18,20,23-24H,3,9-12,14-17,19H2,1-2H3,(H,36,37)(H2,33,34,35)/t23-,24-. The summed E-state index contributed by atoms with van der Waals surface area (Å²) in [6.45, 7) is 8.13. The normalized spacial score (nSPS) is 20.4. The van der Waals surface area contributed by atoms with Crippen LogP contribution in [0.5, 0.6) is 5.75 Å². The third-order valence-corrected chi connectivity index (χ3v) is 9.26. The molecule has 0 atom stereocenters. The molecule has 5 aromatic rings. The number of nitrogens with two attached hydrogens (primary N) is 1. The maximum atomic E-state index is 6.46. The summed E-state index contributed by atoms with van der Waals surface area (Å²) < 4.78 is 7.66. The van der Waals surface area contributed by atoms with Gasteiger partial charge in [-0.3, -0.25) is 4.90 Å². The number of H-pyrrole nitrogens is 1. The SMILES string of the molecule is CCN1CCN([C@H]2CC[C@H](n3nc(-c4ccc5nc(Cc6ccccc6OC)[nH]c5c4)c4c(N)ncnc43)CC2)CC1. The smallest absolute Gasteiger partial charge is 0.164 e. The molecule has 0 unspecified atom stereocenters. The lowest BCUT2D eigenvalue weighted by Crippen LogP contribution is -2.51. The van der Waals surface area contributed by atoms with E-state index in [0.717, 1.165) is 69.8 Å². The van der Waals surface area contributed by atoms with Gasteiger partial charge < -0.3 is 20.4 Å². The van der Waals surface area contributed by atoms with Crippen molar-refractivity contribution in [3.8, 4) is 17.0 Å². The summed E-state index contributed by atoms with van der Waals surface area (Å²) in [5.41, 5.74) is 12.0. The monoisotopic (exact) mass is 565 g/mol. The van der Waals surface area contributed by atoms with Gasteiger partial charge in [0, 0.05) is 49.8 Å². The minimum atomic E-state index is 0.298. The zero-order valence-electron chi connectivity index (χ0n) is 24.5. The first-order valence-corrected chi connectivity index (χ1v) is 15.2. The minimum absolute atomic E-state index is 0.298. The number of piperazine rings is 1. The molecule has 218 valence electrons. The molecule has 1 aliphatic carbocycles. The summed E-state index contributed by atoms with van der Waals surface area (Å²) in [6.07, 6.45) is 6.76. The van der Waals surface area contributed by atoms with Crippen LogP contribution in [-0.2, 0) is 6.42 Å². The fourth-order valence-electron chi connectivity index (χ4n) is 6.89. The number of nitrogens with one attached hydrogen (secondary N) is 1. The Labute approximate surface area is 245 Å². The number of para-hydroxylation sites is 1. The maximum absolute atomic E-state index is 6.46. The maximum Gasteiger partial charge on any atom is 0.164 e. The van der Waals surface area contributed by atoms with Crippen molar-refractivity contribution in [2.45, 2.75) is 51.1 Å². The number of nitrogen functional groups attached to an aromatic ring is 1. The molecular formula is C32H39N9O. The number of ether oxygens (including phenoxy) is 1. The number of imidazole rings is 1. The van der Waals surface area contributed by atoms with E-state index in [4.69, 9.17) is 20.6 Å². The van der Waals surface area contributed by atoms with Crippen molar-refractivity contribution in [3.63, 3.8) is 0 Å². The largest absolute Gasteiger partial charge is 0.496 e. The van der Waals surface area contributed by atoms with Gasteiger partial charge in [-0.05, 0) is 50.4 Å². The Kier molecular flexibility index (Phi) is 7.25. The van der Waals surface area contributed by atoms with Crippen molar-refractivity contribution in [2.75, 3.05) is 45.6 Å². The van der Waals surface area contributed by atoms with E-state index < -0.39 is 0 Å². The minimum Gasteiger partial charge on any atom is -0.496 e. The quantitative estimate of drug-likeness (QED) is 0.293. The summed E-state index contributed by atoms with van der Waals surface area (Å²) in [5.74, 6) is 2.21. The zero-order valence-corrected chi connectivity index (χ0v) is 24.5. The second-order valence-electron chi connectivity index (χ2n) is 11.6. The van der Waals surface area contributed by atoms with Crippen molar-refractivity contribution >= 4 is 27.9 Å². The predicted octanol–water partition coefficient (Wildman–Crippen LogP) is 4.67. The third-order valence-electron chi connectivity index (χ3n) is 9.26. The van der Waals surface area contributed by atoms with Crippen LogP contribution >= 0.6 is 0 Å². The molecule has 1 saturated carbocycles. The van der Waals surface area contributed by atoms with E-state index in [1.54, 1.807) is 13.4 Å². The summed E-state index contributed by atoms with van der Waals surface area (Å²) in [4.78, 5) is 22.6. The van der Waals surface area contributed by atoms with Crippen LogP contribution < -0.4 is 10.5 Å². The van der Waals surface area contributed by atoms with Crippen molar-refractivity contribution in [3.05, 3.63) is 60.2 Å². The number of benzene rings is 2. The number of methoxy groups -OCH3 is 1. The molecule has 0 bridgehead atoms. The van der Waals surface area contributed by atoms with Crippen molar-refractivity contribution in [2.24, 2.45) is 0 Å². The Morgan fingerprint density at radius 2 is 1.76 bits per heavy atom. The number of hydrogen-bond acceptors (Lipinski definition) is 8. The van der Waals surface area contributed by atoms with Gasteiger partial charge in [0.05, 0.1) is 29.6 Å². The number of rotatable bonds is 7. The Hall–Kier alpha value is -4.02. The van der Waals surface area contributed by atoms with Gasteiger partial charge in [0.2, 0.25) is 0 Å². The molecule has 42 heavy (non-hydrogen) atoms. The first kappa shape index (κ1) is 26.9. The number of aromatic nitrogens is 6. The van der Waals surface area contributed by atoms with Crippen molar-refractivity contribution in [1.29, 1.82) is 0 Å². The highest BCUT2D eigenvalue weighted by Crippen LogP contribution is 2.37. The lowest BCUT2D eigenvalue weighted by atomic mass is 9.90. The Morgan fingerprint density at radius 3 is 2.55 bits per heavy atom. The number of likely N-dealkylation sites (N-methyl/N-ethyl adjacent to an activating group) is 1. The van der Waals surface area contributed by atoms with Crippen LogP contribution in [-0.4, -0.2) is 85.4 Å². The average molecular weight is 566 g/mol. The fraction of sp³-hybridized carbons (Fsp3) is 0.438. The highest BCUT2D eigenvalue weighted by Gasteiger charge is 2.31. The molecule has 1 saturated heterocycles. The summed E-state index contributed by atoms with van der Waals surface area (Å²) >= 11 is 0. The van der Waals surface area contributed by atoms with Crippen molar-refractivity contribution < 1.29 is 4.74 Å². The molecule has 3 aromatic heterocycles. The van der Waals surface area contributed by atoms with Crippen LogP contribution in [0.4, 0.5) is 5.82 Å². The fourth-order valence-corrected chi connectivity index (χ4v) is 6.89. The van der Waals surface area contributed by atoms with Gasteiger partial charge in [0.25, 0.3) is 0 Å². The second kappa shape index (κ2) is 11.3. The average Bonchev–Trinajstić information content (AvgIpc) is 3.63. The van der Waals surface area contributed by atoms with Gasteiger partial charge in [-0.1, -0.05) is 31.2 Å². The summed E-state index contributed by atoms with van der Waals surface area (Å²) in [6, 6.07) is 15.2. The second-order valence-corrected chi connectivity index (χ2v) is 11.6. The molecule has 10 heteroatoms. The van der Waals surface area contributed by atoms with Crippen LogP contribution in [0, 0.1) is 0 Å². The Bertz CT molecular complexity index is 1690. The van der Waals surface area contributed by atoms with E-state index >= 15 is 0 Å². The van der Waals surface area contributed by atoms with Crippen LogP contribution in [0.2, 0.25) is 0 Å². The van der Waals surface area contributed by atoms with E-state index in [1.807, 2.05) is 24.3 Å². The molecule has 4 heterocycles. The van der Waals surface area contributed by atoms with E-state index in [9.17, 15) is 0 Å². The summed E-state index contributed by atoms with van der Waals surface area (Å²) in [7, 11) is 1.70. The Balaban J connectivity index is 1.15. The molecular weight excluding hydrogens is 526 g/mol. The number of aromatic amines is 1. The first-order valence-electron chi connectivity index (χ1n) is 15.2. The lowest BCUT2D eigenvalue weighted by Gasteiger charge is -2.41. The van der Waals surface area contributed by atoms with Gasteiger partial charge in [0.15, 0.2) is 5.65 Å². The molecule has 0 radical (unpaired) electrons. The number of fused-ring (bicyclic) bond motifs is 2. The molecule has 1 aliphatic heterocycles. The van der Waals surface area contributed by atoms with Gasteiger partial charge in [-0.25, -0.2) is 19.6 Å². The number of anilines is 1.